The van der Waals surface area contributed by atoms with E-state index in [0.29, 0.717) is 5.16 Å². The smallest absolute Gasteiger partial charge is 0.332 e. The Labute approximate surface area is 224 Å². The summed E-state index contributed by atoms with van der Waals surface area (Å²) < 4.78 is 11.7. The topological polar surface area (TPSA) is 116 Å². The number of aromatic nitrogens is 4. The van der Waals surface area contributed by atoms with Crippen LogP contribution in [0.5, 0.6) is 0 Å². The van der Waals surface area contributed by atoms with Crippen LogP contribution in [0.25, 0.3) is 0 Å². The van der Waals surface area contributed by atoms with Gasteiger partial charge in [-0.3, -0.25) is 4.79 Å². The van der Waals surface area contributed by atoms with Gasteiger partial charge < -0.3 is 14.6 Å². The highest BCUT2D eigenvalue weighted by molar-refractivity contribution is 7.99. The number of unbranched alkanes of at least 4 members (excludes halogenated alkanes) is 9. The number of thioether (sulfide) groups is 1. The largest absolute Gasteiger partial charge is 0.479 e. The van der Waals surface area contributed by atoms with Gasteiger partial charge in [-0.2, -0.15) is 4.68 Å². The molecule has 2 unspecified atom stereocenters. The van der Waals surface area contributed by atoms with Crippen molar-refractivity contribution in [1.82, 2.24) is 20.2 Å². The van der Waals surface area contributed by atoms with E-state index in [0.717, 1.165) is 18.4 Å². The summed E-state index contributed by atoms with van der Waals surface area (Å²) in [6.45, 7) is 3.59. The fraction of sp³-hybridized carbons (Fsp3) is 0.667. The minimum absolute atomic E-state index is 0.103. The van der Waals surface area contributed by atoms with Crippen molar-refractivity contribution in [3.8, 4) is 0 Å². The van der Waals surface area contributed by atoms with Crippen LogP contribution in [0.15, 0.2) is 29.4 Å². The molecule has 1 aromatic carbocycles. The van der Waals surface area contributed by atoms with Gasteiger partial charge in [0, 0.05) is 5.25 Å². The zero-order valence-electron chi connectivity index (χ0n) is 22.4. The van der Waals surface area contributed by atoms with Crippen molar-refractivity contribution in [2.24, 2.45) is 0 Å². The maximum absolute atomic E-state index is 12.3. The van der Waals surface area contributed by atoms with Gasteiger partial charge in [0.25, 0.3) is 0 Å². The predicted molar refractivity (Wildman–Crippen MR) is 143 cm³/mol. The molecule has 2 atom stereocenters. The van der Waals surface area contributed by atoms with Gasteiger partial charge in [0.2, 0.25) is 5.16 Å². The average molecular weight is 535 g/mol. The minimum Gasteiger partial charge on any atom is -0.479 e. The van der Waals surface area contributed by atoms with E-state index in [2.05, 4.69) is 28.5 Å². The van der Waals surface area contributed by atoms with Crippen molar-refractivity contribution in [2.75, 3.05) is 7.11 Å². The van der Waals surface area contributed by atoms with Gasteiger partial charge in [0.1, 0.15) is 6.73 Å². The molecule has 206 valence electrons. The van der Waals surface area contributed by atoms with Crippen LogP contribution in [0.3, 0.4) is 0 Å². The van der Waals surface area contributed by atoms with E-state index in [4.69, 9.17) is 14.6 Å². The van der Waals surface area contributed by atoms with Crippen LogP contribution < -0.4 is 0 Å². The molecule has 2 aromatic rings. The number of carboxylic acid groups (broad SMARTS) is 1. The van der Waals surface area contributed by atoms with Crippen LogP contribution in [0.4, 0.5) is 0 Å². The molecule has 0 amide bonds. The average Bonchev–Trinajstić information content (AvgIpc) is 3.34. The Morgan fingerprint density at radius 3 is 2.32 bits per heavy atom. The highest BCUT2D eigenvalue weighted by Gasteiger charge is 2.24. The molecule has 0 fully saturated rings. The van der Waals surface area contributed by atoms with Crippen LogP contribution >= 0.6 is 11.8 Å². The number of nitrogens with zero attached hydrogens (tertiary/aromatic N) is 4. The van der Waals surface area contributed by atoms with Crippen LogP contribution in [0, 0.1) is 0 Å². The molecule has 1 aromatic heterocycles. The van der Waals surface area contributed by atoms with Crippen molar-refractivity contribution in [2.45, 2.75) is 114 Å². The normalized spacial score (nSPS) is 12.8. The van der Waals surface area contributed by atoms with Gasteiger partial charge in [-0.15, -0.1) is 5.10 Å². The van der Waals surface area contributed by atoms with Crippen molar-refractivity contribution >= 4 is 23.7 Å². The SMILES string of the molecule is CCCCCCCCCCCCc1ccccc1C(CC(=O)OC)Sc1nnnn1COC(C)C(=O)O. The van der Waals surface area contributed by atoms with E-state index in [1.54, 1.807) is 0 Å². The van der Waals surface area contributed by atoms with Crippen molar-refractivity contribution in [3.05, 3.63) is 35.4 Å². The van der Waals surface area contributed by atoms with Gasteiger partial charge in [-0.25, -0.2) is 4.79 Å². The Balaban J connectivity index is 1.98. The predicted octanol–water partition coefficient (Wildman–Crippen LogP) is 5.98. The van der Waals surface area contributed by atoms with Crippen molar-refractivity contribution in [1.29, 1.82) is 0 Å². The molecule has 37 heavy (non-hydrogen) atoms. The quantitative estimate of drug-likeness (QED) is 0.124. The van der Waals surface area contributed by atoms with Gasteiger partial charge in [-0.1, -0.05) is 101 Å². The molecule has 0 saturated heterocycles. The highest BCUT2D eigenvalue weighted by Crippen LogP contribution is 2.39. The number of rotatable bonds is 20. The molecule has 0 aliphatic carbocycles. The van der Waals surface area contributed by atoms with Gasteiger partial charge in [-0.05, 0) is 41.3 Å². The van der Waals surface area contributed by atoms with Crippen molar-refractivity contribution < 1.29 is 24.2 Å². The Kier molecular flexibility index (Phi) is 14.9. The third kappa shape index (κ3) is 11.6. The number of aryl methyl sites for hydroxylation is 1. The summed E-state index contributed by atoms with van der Waals surface area (Å²) in [6.07, 6.45) is 13.0. The number of hydrogen-bond acceptors (Lipinski definition) is 8. The number of benzene rings is 1. The van der Waals surface area contributed by atoms with E-state index in [1.165, 1.54) is 93.8 Å². The zero-order valence-corrected chi connectivity index (χ0v) is 23.3. The van der Waals surface area contributed by atoms with Gasteiger partial charge in [0.15, 0.2) is 6.10 Å². The summed E-state index contributed by atoms with van der Waals surface area (Å²) in [5, 5.41) is 21.0. The minimum atomic E-state index is -1.06. The molecular weight excluding hydrogens is 492 g/mol. The molecule has 2 rings (SSSR count). The number of aliphatic carboxylic acids is 1. The second kappa shape index (κ2) is 17.9. The summed E-state index contributed by atoms with van der Waals surface area (Å²) in [7, 11) is 1.38. The molecular formula is C27H42N4O5S. The number of carbonyl (C=O) groups excluding carboxylic acids is 1. The number of methoxy groups -OCH3 is 1. The van der Waals surface area contributed by atoms with Gasteiger partial charge >= 0.3 is 11.9 Å². The van der Waals surface area contributed by atoms with E-state index in [-0.39, 0.29) is 24.4 Å². The summed E-state index contributed by atoms with van der Waals surface area (Å²) in [4.78, 5) is 23.3. The summed E-state index contributed by atoms with van der Waals surface area (Å²) >= 11 is 1.35. The lowest BCUT2D eigenvalue weighted by molar-refractivity contribution is -0.152. The number of carboxylic acids is 1. The molecule has 0 aliphatic rings. The second-order valence-corrected chi connectivity index (χ2v) is 10.4. The fourth-order valence-electron chi connectivity index (χ4n) is 4.07. The van der Waals surface area contributed by atoms with Crippen LogP contribution in [0.2, 0.25) is 0 Å². The standard InChI is InChI=1S/C27H42N4O5S/c1-4-5-6-7-8-9-10-11-12-13-16-22-17-14-15-18-23(22)24(19-25(32)35-3)37-27-28-29-30-31(27)20-36-21(2)26(33)34/h14-15,17-18,21,24H,4-13,16,19-20H2,1-3H3,(H,33,34). The van der Waals surface area contributed by atoms with E-state index in [9.17, 15) is 9.59 Å². The molecule has 10 heteroatoms. The molecule has 9 nitrogen and oxygen atoms in total. The Morgan fingerprint density at radius 1 is 1.03 bits per heavy atom. The third-order valence-corrected chi connectivity index (χ3v) is 7.53. The molecule has 0 bridgehead atoms. The second-order valence-electron chi connectivity index (χ2n) is 9.25. The Bertz CT molecular complexity index is 939. The number of carbonyl (C=O) groups is 2. The highest BCUT2D eigenvalue weighted by atomic mass is 32.2. The number of ether oxygens (including phenoxy) is 2. The van der Waals surface area contributed by atoms with E-state index >= 15 is 0 Å². The Hall–Kier alpha value is -2.46. The number of tetrazole rings is 1. The van der Waals surface area contributed by atoms with Crippen molar-refractivity contribution in [3.63, 3.8) is 0 Å². The molecule has 0 spiro atoms. The first-order chi connectivity index (χ1) is 18.0. The number of hydrogen-bond donors (Lipinski definition) is 1. The summed E-state index contributed by atoms with van der Waals surface area (Å²) in [5.74, 6) is -1.38. The summed E-state index contributed by atoms with van der Waals surface area (Å²) in [5.41, 5.74) is 2.27. The van der Waals surface area contributed by atoms with Crippen LogP contribution in [0.1, 0.15) is 101 Å². The first-order valence-corrected chi connectivity index (χ1v) is 14.3. The van der Waals surface area contributed by atoms with Gasteiger partial charge in [0.05, 0.1) is 13.5 Å². The molecule has 1 N–H and O–H groups in total. The molecule has 1 heterocycles. The Morgan fingerprint density at radius 2 is 1.68 bits per heavy atom. The monoisotopic (exact) mass is 534 g/mol. The molecule has 0 radical (unpaired) electrons. The maximum Gasteiger partial charge on any atom is 0.332 e. The van der Waals surface area contributed by atoms with Crippen LogP contribution in [-0.2, 0) is 32.2 Å². The lowest BCUT2D eigenvalue weighted by Crippen LogP contribution is -2.22. The lowest BCUT2D eigenvalue weighted by atomic mass is 9.97. The van der Waals surface area contributed by atoms with Crippen LogP contribution in [-0.4, -0.2) is 50.5 Å². The van der Waals surface area contributed by atoms with E-state index in [1.807, 2.05) is 18.2 Å². The first-order valence-electron chi connectivity index (χ1n) is 13.4. The first kappa shape index (κ1) is 30.8. The lowest BCUT2D eigenvalue weighted by Gasteiger charge is -2.19. The van der Waals surface area contributed by atoms with E-state index < -0.39 is 12.1 Å². The fourth-order valence-corrected chi connectivity index (χ4v) is 5.20. The molecule has 0 aliphatic heterocycles. The maximum atomic E-state index is 12.3. The molecule has 0 saturated carbocycles. The zero-order chi connectivity index (χ0) is 26.9. The summed E-state index contributed by atoms with van der Waals surface area (Å²) in [6, 6.07) is 8.17. The number of esters is 1. The third-order valence-electron chi connectivity index (χ3n) is 6.32.